The number of hydrogen-bond donors (Lipinski definition) is 1. The van der Waals surface area contributed by atoms with Gasteiger partial charge >= 0.3 is 0 Å². The van der Waals surface area contributed by atoms with E-state index in [-0.39, 0.29) is 11.3 Å². The predicted molar refractivity (Wildman–Crippen MR) is 123 cm³/mol. The summed E-state index contributed by atoms with van der Waals surface area (Å²) in [5, 5.41) is 1.28. The molecule has 3 aromatic rings. The highest BCUT2D eigenvalue weighted by Crippen LogP contribution is 2.50. The minimum absolute atomic E-state index is 0.0210. The number of benzene rings is 2. The lowest BCUT2D eigenvalue weighted by Gasteiger charge is -2.51. The highest BCUT2D eigenvalue weighted by atomic mass is 79.9. The second kappa shape index (κ2) is 7.31. The first-order chi connectivity index (χ1) is 14.6. The van der Waals surface area contributed by atoms with Crippen molar-refractivity contribution in [3.05, 3.63) is 76.4 Å². The van der Waals surface area contributed by atoms with Crippen molar-refractivity contribution in [2.45, 2.75) is 24.7 Å². The van der Waals surface area contributed by atoms with Crippen molar-refractivity contribution >= 4 is 32.7 Å². The van der Waals surface area contributed by atoms with Crippen LogP contribution in [0.2, 0.25) is 0 Å². The monoisotopic (exact) mass is 464 g/mol. The maximum absolute atomic E-state index is 12.4. The van der Waals surface area contributed by atoms with E-state index in [1.165, 1.54) is 33.8 Å². The van der Waals surface area contributed by atoms with Crippen molar-refractivity contribution in [1.82, 2.24) is 9.88 Å². The molecule has 5 heteroatoms. The standard InChI is InChI=1S/C25H25BrN2O2/c1-3-23(29)28-11-10-25(16-6-4-7-18(12-16)30-2)14-22-20(13-17(25)15-28)19-8-5-9-21(26)24(19)27-22/h3-9,12,17,27H,1,10-11,13-15H2,2H3/t17?,25-/m1/s1. The fourth-order valence-corrected chi connectivity index (χ4v) is 6.01. The molecule has 2 aliphatic rings. The summed E-state index contributed by atoms with van der Waals surface area (Å²) < 4.78 is 6.63. The number of aromatic nitrogens is 1. The second-order valence-corrected chi connectivity index (χ2v) is 9.30. The molecule has 5 rings (SSSR count). The van der Waals surface area contributed by atoms with Gasteiger partial charge in [-0.3, -0.25) is 4.79 Å². The Morgan fingerprint density at radius 3 is 2.97 bits per heavy atom. The third kappa shape index (κ3) is 2.90. The van der Waals surface area contributed by atoms with Crippen LogP contribution >= 0.6 is 15.9 Å². The molecule has 2 heterocycles. The van der Waals surface area contributed by atoms with Gasteiger partial charge in [0.2, 0.25) is 5.91 Å². The van der Waals surface area contributed by atoms with Crippen LogP contribution in [0.4, 0.5) is 0 Å². The van der Waals surface area contributed by atoms with Gasteiger partial charge in [0.1, 0.15) is 5.75 Å². The number of halogens is 1. The number of para-hydroxylation sites is 1. The third-order valence-corrected chi connectivity index (χ3v) is 7.76. The maximum Gasteiger partial charge on any atom is 0.245 e. The van der Waals surface area contributed by atoms with Gasteiger partial charge in [0, 0.05) is 34.1 Å². The number of likely N-dealkylation sites (tertiary alicyclic amines) is 1. The van der Waals surface area contributed by atoms with E-state index in [4.69, 9.17) is 4.74 Å². The molecule has 2 aromatic carbocycles. The Morgan fingerprint density at radius 1 is 1.33 bits per heavy atom. The number of hydrogen-bond acceptors (Lipinski definition) is 2. The molecule has 1 unspecified atom stereocenters. The molecular formula is C25H25BrN2O2. The number of rotatable bonds is 3. The van der Waals surface area contributed by atoms with E-state index in [0.29, 0.717) is 5.92 Å². The number of H-pyrrole nitrogens is 1. The summed E-state index contributed by atoms with van der Waals surface area (Å²) in [4.78, 5) is 18.1. The summed E-state index contributed by atoms with van der Waals surface area (Å²) in [6.07, 6.45) is 4.26. The first-order valence-electron chi connectivity index (χ1n) is 10.4. The number of nitrogens with zero attached hydrogens (tertiary/aromatic N) is 1. The van der Waals surface area contributed by atoms with Crippen LogP contribution in [0.3, 0.4) is 0 Å². The van der Waals surface area contributed by atoms with Gasteiger partial charge in [-0.05, 0) is 76.5 Å². The number of piperidine rings is 1. The number of ether oxygens (including phenoxy) is 1. The van der Waals surface area contributed by atoms with E-state index in [1.54, 1.807) is 7.11 Å². The zero-order valence-corrected chi connectivity index (χ0v) is 18.7. The van der Waals surface area contributed by atoms with Crippen LogP contribution in [-0.4, -0.2) is 36.0 Å². The van der Waals surface area contributed by atoms with E-state index < -0.39 is 0 Å². The first-order valence-corrected chi connectivity index (χ1v) is 11.2. The number of methoxy groups -OCH3 is 1. The summed E-state index contributed by atoms with van der Waals surface area (Å²) >= 11 is 3.70. The number of nitrogens with one attached hydrogen (secondary N) is 1. The maximum atomic E-state index is 12.4. The van der Waals surface area contributed by atoms with Gasteiger partial charge in [-0.25, -0.2) is 0 Å². The number of carbonyl (C=O) groups excluding carboxylic acids is 1. The van der Waals surface area contributed by atoms with Crippen LogP contribution in [0, 0.1) is 5.92 Å². The zero-order valence-electron chi connectivity index (χ0n) is 17.1. The normalized spacial score (nSPS) is 23.0. The SMILES string of the molecule is C=CC(=O)N1CC[C@]2(c3cccc(OC)c3)Cc3[nH]c4c(Br)cccc4c3CC2C1. The van der Waals surface area contributed by atoms with Gasteiger partial charge in [-0.1, -0.05) is 30.8 Å². The molecule has 1 fully saturated rings. The Kier molecular flexibility index (Phi) is 4.73. The lowest BCUT2D eigenvalue weighted by Crippen LogP contribution is -2.54. The molecule has 0 bridgehead atoms. The Labute approximate surface area is 185 Å². The minimum atomic E-state index is -0.0210. The molecule has 0 saturated carbocycles. The van der Waals surface area contributed by atoms with Crippen LogP contribution in [0.25, 0.3) is 10.9 Å². The van der Waals surface area contributed by atoms with E-state index in [1.807, 2.05) is 11.0 Å². The molecule has 2 atom stereocenters. The third-order valence-electron chi connectivity index (χ3n) is 7.10. The summed E-state index contributed by atoms with van der Waals surface area (Å²) in [7, 11) is 1.72. The van der Waals surface area contributed by atoms with Crippen molar-refractivity contribution in [1.29, 1.82) is 0 Å². The van der Waals surface area contributed by atoms with Crippen molar-refractivity contribution in [2.75, 3.05) is 20.2 Å². The number of amides is 1. The van der Waals surface area contributed by atoms with E-state index in [0.717, 1.165) is 42.6 Å². The van der Waals surface area contributed by atoms with E-state index >= 15 is 0 Å². The molecular weight excluding hydrogens is 440 g/mol. The van der Waals surface area contributed by atoms with Gasteiger partial charge in [0.25, 0.3) is 0 Å². The van der Waals surface area contributed by atoms with Crippen LogP contribution in [0.15, 0.2) is 59.6 Å². The molecule has 1 aliphatic heterocycles. The largest absolute Gasteiger partial charge is 0.497 e. The molecule has 4 nitrogen and oxygen atoms in total. The molecule has 1 amide bonds. The topological polar surface area (TPSA) is 45.3 Å². The van der Waals surface area contributed by atoms with Crippen molar-refractivity contribution in [3.63, 3.8) is 0 Å². The highest BCUT2D eigenvalue weighted by Gasteiger charge is 2.48. The van der Waals surface area contributed by atoms with Gasteiger partial charge in [0.15, 0.2) is 0 Å². The summed E-state index contributed by atoms with van der Waals surface area (Å²) in [6.45, 7) is 5.20. The lowest BCUT2D eigenvalue weighted by molar-refractivity contribution is -0.129. The molecule has 154 valence electrons. The van der Waals surface area contributed by atoms with Crippen LogP contribution in [0.1, 0.15) is 23.2 Å². The zero-order chi connectivity index (χ0) is 20.9. The van der Waals surface area contributed by atoms with Crippen molar-refractivity contribution in [2.24, 2.45) is 5.92 Å². The molecule has 1 saturated heterocycles. The number of aromatic amines is 1. The minimum Gasteiger partial charge on any atom is -0.497 e. The second-order valence-electron chi connectivity index (χ2n) is 8.45. The van der Waals surface area contributed by atoms with Crippen molar-refractivity contribution < 1.29 is 9.53 Å². The van der Waals surface area contributed by atoms with Gasteiger partial charge in [0.05, 0.1) is 12.6 Å². The van der Waals surface area contributed by atoms with E-state index in [9.17, 15) is 4.79 Å². The number of carbonyl (C=O) groups is 1. The van der Waals surface area contributed by atoms with Crippen LogP contribution in [0.5, 0.6) is 5.75 Å². The van der Waals surface area contributed by atoms with E-state index in [2.05, 4.69) is 63.9 Å². The number of fused-ring (bicyclic) bond motifs is 4. The fraction of sp³-hybridized carbons (Fsp3) is 0.320. The Hall–Kier alpha value is -2.53. The summed E-state index contributed by atoms with van der Waals surface area (Å²) in [5.41, 5.74) is 5.16. The molecule has 1 aromatic heterocycles. The van der Waals surface area contributed by atoms with Crippen LogP contribution < -0.4 is 4.74 Å². The molecule has 0 radical (unpaired) electrons. The molecule has 30 heavy (non-hydrogen) atoms. The Bertz CT molecular complexity index is 1150. The average Bonchev–Trinajstić information content (AvgIpc) is 3.15. The Balaban J connectivity index is 1.65. The van der Waals surface area contributed by atoms with Crippen LogP contribution in [-0.2, 0) is 23.1 Å². The van der Waals surface area contributed by atoms with Crippen molar-refractivity contribution in [3.8, 4) is 5.75 Å². The van der Waals surface area contributed by atoms with Gasteiger partial charge in [-0.15, -0.1) is 0 Å². The molecule has 0 spiro atoms. The quantitative estimate of drug-likeness (QED) is 0.553. The van der Waals surface area contributed by atoms with Gasteiger partial charge in [-0.2, -0.15) is 0 Å². The Morgan fingerprint density at radius 2 is 2.17 bits per heavy atom. The summed E-state index contributed by atoms with van der Waals surface area (Å²) in [5.74, 6) is 1.25. The van der Waals surface area contributed by atoms with Gasteiger partial charge < -0.3 is 14.6 Å². The predicted octanol–water partition coefficient (Wildman–Crippen LogP) is 5.01. The molecule has 1 aliphatic carbocycles. The highest BCUT2D eigenvalue weighted by molar-refractivity contribution is 9.10. The average molecular weight is 465 g/mol. The lowest BCUT2D eigenvalue weighted by atomic mass is 9.58. The smallest absolute Gasteiger partial charge is 0.245 e. The summed E-state index contributed by atoms with van der Waals surface area (Å²) in [6, 6.07) is 14.9. The first kappa shape index (κ1) is 19.4. The molecule has 1 N–H and O–H groups in total. The fourth-order valence-electron chi connectivity index (χ4n) is 5.54.